The molecule has 0 radical (unpaired) electrons. The molecule has 0 saturated carbocycles. The first kappa shape index (κ1) is 14.6. The Balaban J connectivity index is 3.01. The highest BCUT2D eigenvalue weighted by Gasteiger charge is 2.18. The Morgan fingerprint density at radius 3 is 2.50 bits per heavy atom. The van der Waals surface area contributed by atoms with Crippen molar-refractivity contribution in [1.82, 2.24) is 9.55 Å². The molecule has 8 nitrogen and oxygen atoms in total. The van der Waals surface area contributed by atoms with Crippen LogP contribution in [0.15, 0.2) is 11.0 Å². The van der Waals surface area contributed by atoms with Crippen molar-refractivity contribution in [1.29, 1.82) is 0 Å². The summed E-state index contributed by atoms with van der Waals surface area (Å²) < 4.78 is 6.52. The molecule has 5 N–H and O–H groups in total. The number of hydrogen-bond donors (Lipinski definition) is 4. The van der Waals surface area contributed by atoms with Crippen molar-refractivity contribution >= 4 is 5.95 Å². The quantitative estimate of drug-likeness (QED) is 0.464. The Bertz CT molecular complexity index is 444. The molecule has 0 saturated heterocycles. The molecule has 1 aromatic rings. The fourth-order valence-electron chi connectivity index (χ4n) is 1.37. The number of aryl methyl sites for hydroxylation is 1. The minimum Gasteiger partial charge on any atom is -0.394 e. The lowest BCUT2D eigenvalue weighted by Crippen LogP contribution is -2.31. The highest BCUT2D eigenvalue weighted by Crippen LogP contribution is 2.14. The van der Waals surface area contributed by atoms with Crippen LogP contribution < -0.4 is 11.3 Å². The Morgan fingerprint density at radius 1 is 1.39 bits per heavy atom. The summed E-state index contributed by atoms with van der Waals surface area (Å²) in [4.78, 5) is 14.8. The second-order valence-electron chi connectivity index (χ2n) is 3.76. The third kappa shape index (κ3) is 3.26. The van der Waals surface area contributed by atoms with E-state index in [1.165, 1.54) is 10.8 Å². The van der Waals surface area contributed by atoms with Crippen molar-refractivity contribution in [2.75, 3.05) is 25.6 Å². The molecule has 1 rings (SSSR count). The molecule has 0 spiro atoms. The fourth-order valence-corrected chi connectivity index (χ4v) is 1.37. The number of aliphatic hydroxyl groups is 3. The zero-order valence-corrected chi connectivity index (χ0v) is 9.98. The zero-order chi connectivity index (χ0) is 13.7. The molecule has 0 bridgehead atoms. The largest absolute Gasteiger partial charge is 0.394 e. The van der Waals surface area contributed by atoms with E-state index in [2.05, 4.69) is 4.98 Å². The average Bonchev–Trinajstić information content (AvgIpc) is 2.36. The molecule has 18 heavy (non-hydrogen) atoms. The van der Waals surface area contributed by atoms with Crippen molar-refractivity contribution in [2.45, 2.75) is 19.3 Å². The number of nitrogen functional groups attached to an aromatic ring is 1. The van der Waals surface area contributed by atoms with Crippen molar-refractivity contribution in [3.63, 3.8) is 0 Å². The molecule has 0 aromatic carbocycles. The van der Waals surface area contributed by atoms with Crippen molar-refractivity contribution < 1.29 is 20.1 Å². The predicted octanol–water partition coefficient (Wildman–Crippen LogP) is -2.01. The van der Waals surface area contributed by atoms with Gasteiger partial charge in [0.25, 0.3) is 5.56 Å². The smallest absolute Gasteiger partial charge is 0.277 e. The number of nitrogens with two attached hydrogens (primary N) is 1. The van der Waals surface area contributed by atoms with Crippen LogP contribution >= 0.6 is 0 Å². The molecule has 0 aliphatic carbocycles. The molecule has 102 valence electrons. The summed E-state index contributed by atoms with van der Waals surface area (Å²) in [5, 5.41) is 27.1. The van der Waals surface area contributed by atoms with Crippen LogP contribution in [0.3, 0.4) is 0 Å². The van der Waals surface area contributed by atoms with E-state index < -0.39 is 37.7 Å². The van der Waals surface area contributed by atoms with Crippen LogP contribution in [0.1, 0.15) is 11.8 Å². The SMILES string of the molecule is Cc1cn(C(CO)OC(CO)CO)c(N)nc1=O. The number of ether oxygens (including phenoxy) is 1. The molecule has 0 amide bonds. The summed E-state index contributed by atoms with van der Waals surface area (Å²) in [7, 11) is 0. The van der Waals surface area contributed by atoms with Crippen LogP contribution in [-0.2, 0) is 4.74 Å². The number of aliphatic hydroxyl groups excluding tert-OH is 3. The van der Waals surface area contributed by atoms with Gasteiger partial charge in [0.1, 0.15) is 6.10 Å². The Morgan fingerprint density at radius 2 is 2.00 bits per heavy atom. The van der Waals surface area contributed by atoms with Crippen molar-refractivity contribution in [3.05, 3.63) is 22.1 Å². The van der Waals surface area contributed by atoms with Gasteiger partial charge in [-0.05, 0) is 6.92 Å². The summed E-state index contributed by atoms with van der Waals surface area (Å²) in [6.45, 7) is 0.305. The van der Waals surface area contributed by atoms with Gasteiger partial charge in [0.05, 0.1) is 19.8 Å². The highest BCUT2D eigenvalue weighted by molar-refractivity contribution is 5.20. The van der Waals surface area contributed by atoms with E-state index in [1.807, 2.05) is 0 Å². The van der Waals surface area contributed by atoms with E-state index in [0.29, 0.717) is 5.56 Å². The van der Waals surface area contributed by atoms with Gasteiger partial charge in [-0.15, -0.1) is 0 Å². The molecule has 0 aliphatic heterocycles. The summed E-state index contributed by atoms with van der Waals surface area (Å²) in [5.41, 5.74) is 5.45. The molecule has 1 aromatic heterocycles. The summed E-state index contributed by atoms with van der Waals surface area (Å²) >= 11 is 0. The molecule has 1 unspecified atom stereocenters. The monoisotopic (exact) mass is 259 g/mol. The third-order valence-corrected chi connectivity index (χ3v) is 2.37. The van der Waals surface area contributed by atoms with Gasteiger partial charge >= 0.3 is 0 Å². The molecule has 1 heterocycles. The molecule has 0 aliphatic rings. The lowest BCUT2D eigenvalue weighted by Gasteiger charge is -2.24. The van der Waals surface area contributed by atoms with E-state index in [-0.39, 0.29) is 5.95 Å². The topological polar surface area (TPSA) is 131 Å². The van der Waals surface area contributed by atoms with Gasteiger partial charge < -0.3 is 25.8 Å². The minimum atomic E-state index is -0.930. The Kier molecular flexibility index (Phi) is 5.23. The van der Waals surface area contributed by atoms with Gasteiger partial charge in [-0.25, -0.2) is 0 Å². The van der Waals surface area contributed by atoms with Crippen LogP contribution in [0, 0.1) is 6.92 Å². The number of rotatable bonds is 6. The number of hydrogen-bond acceptors (Lipinski definition) is 7. The van der Waals surface area contributed by atoms with E-state index in [9.17, 15) is 9.90 Å². The Hall–Kier alpha value is -1.48. The number of anilines is 1. The van der Waals surface area contributed by atoms with Gasteiger partial charge in [-0.3, -0.25) is 9.36 Å². The lowest BCUT2D eigenvalue weighted by atomic mass is 10.3. The molecule has 0 fully saturated rings. The fraction of sp³-hybridized carbons (Fsp3) is 0.600. The van der Waals surface area contributed by atoms with Crippen LogP contribution in [0.5, 0.6) is 0 Å². The standard InChI is InChI=1S/C10H17N3O5/c1-6-2-13(10(11)12-9(6)17)8(5-16)18-7(3-14)4-15/h2,7-8,14-16H,3-5H2,1H3,(H2,11,12,17). The minimum absolute atomic E-state index is 0.112. The van der Waals surface area contributed by atoms with Crippen LogP contribution in [0.2, 0.25) is 0 Å². The summed E-state index contributed by atoms with van der Waals surface area (Å²) in [6, 6.07) is 0. The van der Waals surface area contributed by atoms with Crippen LogP contribution in [0.4, 0.5) is 5.95 Å². The summed E-state index contributed by atoms with van der Waals surface area (Å²) in [5.74, 6) is -0.112. The van der Waals surface area contributed by atoms with Crippen LogP contribution in [-0.4, -0.2) is 50.8 Å². The van der Waals surface area contributed by atoms with Crippen LogP contribution in [0.25, 0.3) is 0 Å². The second kappa shape index (κ2) is 6.45. The highest BCUT2D eigenvalue weighted by atomic mass is 16.5. The Labute approximate surface area is 103 Å². The zero-order valence-electron chi connectivity index (χ0n) is 9.98. The average molecular weight is 259 g/mol. The molecule has 1 atom stereocenters. The maximum Gasteiger partial charge on any atom is 0.277 e. The molecular weight excluding hydrogens is 242 g/mol. The summed E-state index contributed by atoms with van der Waals surface area (Å²) in [6.07, 6.45) is -0.375. The molecule has 8 heteroatoms. The maximum atomic E-state index is 11.2. The van der Waals surface area contributed by atoms with Gasteiger partial charge in [-0.1, -0.05) is 0 Å². The number of nitrogens with zero attached hydrogens (tertiary/aromatic N) is 2. The van der Waals surface area contributed by atoms with Gasteiger partial charge in [0, 0.05) is 11.8 Å². The van der Waals surface area contributed by atoms with E-state index in [4.69, 9.17) is 20.7 Å². The van der Waals surface area contributed by atoms with Crippen molar-refractivity contribution in [3.8, 4) is 0 Å². The predicted molar refractivity (Wildman–Crippen MR) is 62.8 cm³/mol. The van der Waals surface area contributed by atoms with Gasteiger partial charge in [0.2, 0.25) is 5.95 Å². The maximum absolute atomic E-state index is 11.2. The number of aromatic nitrogens is 2. The normalized spacial score (nSPS) is 12.9. The lowest BCUT2D eigenvalue weighted by molar-refractivity contribution is -0.111. The van der Waals surface area contributed by atoms with E-state index in [1.54, 1.807) is 6.92 Å². The van der Waals surface area contributed by atoms with E-state index >= 15 is 0 Å². The first-order valence-electron chi connectivity index (χ1n) is 5.36. The van der Waals surface area contributed by atoms with Gasteiger partial charge in [0.15, 0.2) is 6.23 Å². The van der Waals surface area contributed by atoms with E-state index in [0.717, 1.165) is 0 Å². The first-order chi connectivity index (χ1) is 8.53. The second-order valence-corrected chi connectivity index (χ2v) is 3.76. The van der Waals surface area contributed by atoms with Crippen molar-refractivity contribution in [2.24, 2.45) is 0 Å². The molecular formula is C10H17N3O5. The van der Waals surface area contributed by atoms with Gasteiger partial charge in [-0.2, -0.15) is 4.98 Å². The first-order valence-corrected chi connectivity index (χ1v) is 5.36. The third-order valence-electron chi connectivity index (χ3n) is 2.37.